The van der Waals surface area contributed by atoms with Crippen molar-refractivity contribution in [2.24, 2.45) is 5.92 Å². The number of amides is 1. The minimum absolute atomic E-state index is 0.0670. The molecular formula is C21H22N4O. The third kappa shape index (κ3) is 3.72. The van der Waals surface area contributed by atoms with Crippen LogP contribution in [-0.2, 0) is 6.42 Å². The zero-order valence-electron chi connectivity index (χ0n) is 14.7. The first-order chi connectivity index (χ1) is 12.8. The summed E-state index contributed by atoms with van der Waals surface area (Å²) in [6.45, 7) is 1.63. The highest BCUT2D eigenvalue weighted by Crippen LogP contribution is 2.24. The maximum Gasteiger partial charge on any atom is 0.255 e. The number of hydrogen-bond donors (Lipinski definition) is 0. The Balaban J connectivity index is 1.41. The highest BCUT2D eigenvalue weighted by atomic mass is 16.2. The second-order valence-electron chi connectivity index (χ2n) is 6.95. The van der Waals surface area contributed by atoms with Crippen LogP contribution < -0.4 is 0 Å². The van der Waals surface area contributed by atoms with Gasteiger partial charge in [0, 0.05) is 24.7 Å². The quantitative estimate of drug-likeness (QED) is 0.728. The van der Waals surface area contributed by atoms with Crippen LogP contribution in [0.2, 0.25) is 0 Å². The van der Waals surface area contributed by atoms with Crippen molar-refractivity contribution in [3.8, 4) is 0 Å². The number of nitrogens with zero attached hydrogens (tertiary/aromatic N) is 4. The molecule has 0 radical (unpaired) electrons. The lowest BCUT2D eigenvalue weighted by Crippen LogP contribution is -2.32. The summed E-state index contributed by atoms with van der Waals surface area (Å²) in [4.78, 5) is 19.0. The molecule has 132 valence electrons. The van der Waals surface area contributed by atoms with Crippen LogP contribution >= 0.6 is 0 Å². The van der Waals surface area contributed by atoms with Crippen LogP contribution in [0.4, 0.5) is 0 Å². The smallest absolute Gasteiger partial charge is 0.255 e. The second-order valence-corrected chi connectivity index (χ2v) is 6.95. The molecule has 0 saturated carbocycles. The molecule has 26 heavy (non-hydrogen) atoms. The Morgan fingerprint density at radius 1 is 1.08 bits per heavy atom. The average Bonchev–Trinajstić information content (AvgIpc) is 2.93. The van der Waals surface area contributed by atoms with Gasteiger partial charge in [-0.05, 0) is 61.4 Å². The van der Waals surface area contributed by atoms with Gasteiger partial charge in [-0.3, -0.25) is 9.78 Å². The van der Waals surface area contributed by atoms with Gasteiger partial charge < -0.3 is 4.90 Å². The SMILES string of the molecule is O=C(c1ccnnc1)N1CCCC(Cc2ccc3ncccc3c2)CC1. The molecule has 0 bridgehead atoms. The van der Waals surface area contributed by atoms with Crippen molar-refractivity contribution in [2.75, 3.05) is 13.1 Å². The van der Waals surface area contributed by atoms with Gasteiger partial charge in [-0.1, -0.05) is 12.1 Å². The van der Waals surface area contributed by atoms with Gasteiger partial charge in [0.2, 0.25) is 0 Å². The maximum absolute atomic E-state index is 12.6. The summed E-state index contributed by atoms with van der Waals surface area (Å²) >= 11 is 0. The van der Waals surface area contributed by atoms with Crippen LogP contribution in [0.3, 0.4) is 0 Å². The van der Waals surface area contributed by atoms with Gasteiger partial charge in [0.05, 0.1) is 23.5 Å². The van der Waals surface area contributed by atoms with Crippen molar-refractivity contribution in [2.45, 2.75) is 25.7 Å². The van der Waals surface area contributed by atoms with E-state index in [1.54, 1.807) is 18.5 Å². The van der Waals surface area contributed by atoms with Crippen LogP contribution in [0.1, 0.15) is 35.2 Å². The Kier molecular flexibility index (Phi) is 4.86. The number of hydrogen-bond acceptors (Lipinski definition) is 4. The summed E-state index contributed by atoms with van der Waals surface area (Å²) in [5, 5.41) is 8.76. The normalized spacial score (nSPS) is 17.8. The van der Waals surface area contributed by atoms with Crippen molar-refractivity contribution in [1.29, 1.82) is 0 Å². The first kappa shape index (κ1) is 16.6. The molecule has 4 rings (SSSR count). The number of pyridine rings is 1. The molecule has 3 heterocycles. The number of benzene rings is 1. The third-order valence-electron chi connectivity index (χ3n) is 5.16. The highest BCUT2D eigenvalue weighted by molar-refractivity contribution is 5.93. The fourth-order valence-corrected chi connectivity index (χ4v) is 3.76. The fraction of sp³-hybridized carbons (Fsp3) is 0.333. The van der Waals surface area contributed by atoms with E-state index in [9.17, 15) is 4.79 Å². The molecule has 1 saturated heterocycles. The van der Waals surface area contributed by atoms with Crippen LogP contribution in [0.15, 0.2) is 55.0 Å². The van der Waals surface area contributed by atoms with Crippen molar-refractivity contribution in [3.05, 3.63) is 66.1 Å². The van der Waals surface area contributed by atoms with E-state index in [1.807, 2.05) is 17.2 Å². The monoisotopic (exact) mass is 346 g/mol. The minimum atomic E-state index is 0.0670. The van der Waals surface area contributed by atoms with E-state index in [-0.39, 0.29) is 5.91 Å². The largest absolute Gasteiger partial charge is 0.339 e. The van der Waals surface area contributed by atoms with Crippen molar-refractivity contribution in [3.63, 3.8) is 0 Å². The highest BCUT2D eigenvalue weighted by Gasteiger charge is 2.22. The molecule has 1 fully saturated rings. The molecule has 1 amide bonds. The standard InChI is InChI=1S/C21H22N4O/c26-21(19-7-10-23-24-15-19)25-11-2-3-16(8-12-25)13-17-5-6-20-18(14-17)4-1-9-22-20/h1,4-7,9-10,14-16H,2-3,8,11-13H2. The second kappa shape index (κ2) is 7.60. The lowest BCUT2D eigenvalue weighted by atomic mass is 9.92. The fourth-order valence-electron chi connectivity index (χ4n) is 3.76. The van der Waals surface area contributed by atoms with Crippen molar-refractivity contribution >= 4 is 16.8 Å². The van der Waals surface area contributed by atoms with Gasteiger partial charge in [-0.2, -0.15) is 10.2 Å². The number of carbonyl (C=O) groups excluding carboxylic acids is 1. The van der Waals surface area contributed by atoms with Gasteiger partial charge in [0.1, 0.15) is 0 Å². The van der Waals surface area contributed by atoms with E-state index in [1.165, 1.54) is 10.9 Å². The minimum Gasteiger partial charge on any atom is -0.339 e. The molecule has 5 heteroatoms. The summed E-state index contributed by atoms with van der Waals surface area (Å²) in [6, 6.07) is 12.4. The van der Waals surface area contributed by atoms with E-state index in [0.29, 0.717) is 11.5 Å². The topological polar surface area (TPSA) is 59.0 Å². The number of carbonyl (C=O) groups is 1. The Bertz CT molecular complexity index is 897. The molecule has 1 aliphatic rings. The van der Waals surface area contributed by atoms with Crippen LogP contribution in [0, 0.1) is 5.92 Å². The number of fused-ring (bicyclic) bond motifs is 1. The van der Waals surface area contributed by atoms with Crippen LogP contribution in [-0.4, -0.2) is 39.1 Å². The molecule has 5 nitrogen and oxygen atoms in total. The predicted molar refractivity (Wildman–Crippen MR) is 101 cm³/mol. The summed E-state index contributed by atoms with van der Waals surface area (Å²) in [5.41, 5.74) is 3.02. The average molecular weight is 346 g/mol. The molecule has 0 N–H and O–H groups in total. The van der Waals surface area contributed by atoms with E-state index >= 15 is 0 Å². The van der Waals surface area contributed by atoms with Gasteiger partial charge in [-0.25, -0.2) is 0 Å². The number of aromatic nitrogens is 3. The van der Waals surface area contributed by atoms with Gasteiger partial charge in [0.25, 0.3) is 5.91 Å². The van der Waals surface area contributed by atoms with Gasteiger partial charge >= 0.3 is 0 Å². The number of likely N-dealkylation sites (tertiary alicyclic amines) is 1. The van der Waals surface area contributed by atoms with Crippen molar-refractivity contribution in [1.82, 2.24) is 20.1 Å². The van der Waals surface area contributed by atoms with E-state index in [4.69, 9.17) is 0 Å². The molecule has 1 aromatic carbocycles. The lowest BCUT2D eigenvalue weighted by Gasteiger charge is -2.20. The number of rotatable bonds is 3. The lowest BCUT2D eigenvalue weighted by molar-refractivity contribution is 0.0759. The molecule has 3 aromatic rings. The van der Waals surface area contributed by atoms with Crippen LogP contribution in [0.25, 0.3) is 10.9 Å². The van der Waals surface area contributed by atoms with E-state index < -0.39 is 0 Å². The van der Waals surface area contributed by atoms with E-state index in [0.717, 1.165) is 44.3 Å². The molecule has 1 aliphatic heterocycles. The summed E-state index contributed by atoms with van der Waals surface area (Å²) in [5.74, 6) is 0.676. The molecule has 1 unspecified atom stereocenters. The Labute approximate surface area is 153 Å². The molecule has 1 atom stereocenters. The Hall–Kier alpha value is -2.82. The Morgan fingerprint density at radius 3 is 2.92 bits per heavy atom. The zero-order valence-corrected chi connectivity index (χ0v) is 14.7. The molecular weight excluding hydrogens is 324 g/mol. The first-order valence-corrected chi connectivity index (χ1v) is 9.19. The van der Waals surface area contributed by atoms with Gasteiger partial charge in [0.15, 0.2) is 0 Å². The molecule has 0 spiro atoms. The summed E-state index contributed by atoms with van der Waals surface area (Å²) < 4.78 is 0. The first-order valence-electron chi connectivity index (χ1n) is 9.19. The summed E-state index contributed by atoms with van der Waals surface area (Å²) in [6.07, 6.45) is 9.25. The third-order valence-corrected chi connectivity index (χ3v) is 5.16. The van der Waals surface area contributed by atoms with E-state index in [2.05, 4.69) is 39.4 Å². The molecule has 0 aliphatic carbocycles. The zero-order chi connectivity index (χ0) is 17.8. The van der Waals surface area contributed by atoms with Crippen LogP contribution in [0.5, 0.6) is 0 Å². The van der Waals surface area contributed by atoms with Crippen molar-refractivity contribution < 1.29 is 4.79 Å². The molecule has 2 aromatic heterocycles. The summed E-state index contributed by atoms with van der Waals surface area (Å²) in [7, 11) is 0. The maximum atomic E-state index is 12.6. The predicted octanol–water partition coefficient (Wildman–Crippen LogP) is 3.51. The van der Waals surface area contributed by atoms with Gasteiger partial charge in [-0.15, -0.1) is 0 Å². The Morgan fingerprint density at radius 2 is 2.04 bits per heavy atom.